The third kappa shape index (κ3) is 2.96. The zero-order chi connectivity index (χ0) is 15.0. The van der Waals surface area contributed by atoms with Crippen LogP contribution in [0, 0.1) is 19.7 Å². The predicted molar refractivity (Wildman–Crippen MR) is 72.0 cm³/mol. The molecule has 1 aromatic carbocycles. The fourth-order valence-electron chi connectivity index (χ4n) is 1.87. The maximum atomic E-state index is 13.2. The van der Waals surface area contributed by atoms with E-state index in [1.54, 1.807) is 27.7 Å². The van der Waals surface area contributed by atoms with Crippen LogP contribution in [-0.4, -0.2) is 37.0 Å². The summed E-state index contributed by atoms with van der Waals surface area (Å²) in [6.07, 6.45) is 0. The molecule has 0 unspecified atom stereocenters. The highest BCUT2D eigenvalue weighted by Crippen LogP contribution is 2.28. The van der Waals surface area contributed by atoms with Gasteiger partial charge in [0.2, 0.25) is 10.0 Å². The van der Waals surface area contributed by atoms with Crippen LogP contribution in [0.1, 0.15) is 25.0 Å². The quantitative estimate of drug-likeness (QED) is 0.920. The molecule has 1 N–H and O–H groups in total. The number of aliphatic hydroxyl groups is 1. The third-order valence-corrected chi connectivity index (χ3v) is 5.66. The van der Waals surface area contributed by atoms with Gasteiger partial charge in [-0.25, -0.2) is 12.8 Å². The first kappa shape index (κ1) is 16.1. The van der Waals surface area contributed by atoms with Crippen LogP contribution in [0.4, 0.5) is 4.39 Å². The summed E-state index contributed by atoms with van der Waals surface area (Å²) in [6.45, 7) is 6.06. The number of aryl methyl sites for hydroxylation is 2. The fourth-order valence-corrected chi connectivity index (χ4v) is 3.78. The van der Waals surface area contributed by atoms with Crippen molar-refractivity contribution in [1.82, 2.24) is 4.31 Å². The van der Waals surface area contributed by atoms with E-state index in [0.29, 0.717) is 11.1 Å². The molecule has 0 atom stereocenters. The van der Waals surface area contributed by atoms with Gasteiger partial charge in [0.25, 0.3) is 0 Å². The Labute approximate surface area is 113 Å². The van der Waals surface area contributed by atoms with Crippen LogP contribution in [0.25, 0.3) is 0 Å². The van der Waals surface area contributed by atoms with Gasteiger partial charge in [-0.3, -0.25) is 0 Å². The number of rotatable bonds is 4. The van der Waals surface area contributed by atoms with Crippen molar-refractivity contribution >= 4 is 10.0 Å². The summed E-state index contributed by atoms with van der Waals surface area (Å²) in [7, 11) is -2.37. The van der Waals surface area contributed by atoms with Gasteiger partial charge in [0.15, 0.2) is 0 Å². The SMILES string of the molecule is Cc1cc(F)cc(C)c1S(=O)(=O)N(C)C(C)(C)CO. The molecule has 0 saturated heterocycles. The second-order valence-electron chi connectivity index (χ2n) is 5.31. The number of hydrogen-bond donors (Lipinski definition) is 1. The molecule has 0 aromatic heterocycles. The molecular weight excluding hydrogens is 269 g/mol. The van der Waals surface area contributed by atoms with Gasteiger partial charge in [0.1, 0.15) is 5.82 Å². The van der Waals surface area contributed by atoms with Crippen LogP contribution in [-0.2, 0) is 10.0 Å². The van der Waals surface area contributed by atoms with E-state index in [0.717, 1.165) is 4.31 Å². The van der Waals surface area contributed by atoms with Crippen molar-refractivity contribution in [3.8, 4) is 0 Å². The van der Waals surface area contributed by atoms with Gasteiger partial charge in [0.05, 0.1) is 17.0 Å². The van der Waals surface area contributed by atoms with E-state index in [1.807, 2.05) is 0 Å². The first-order valence-electron chi connectivity index (χ1n) is 5.90. The molecule has 0 aliphatic rings. The Morgan fingerprint density at radius 2 is 1.68 bits per heavy atom. The van der Waals surface area contributed by atoms with E-state index < -0.39 is 21.4 Å². The molecule has 0 bridgehead atoms. The molecule has 0 radical (unpaired) electrons. The molecule has 108 valence electrons. The van der Waals surface area contributed by atoms with Gasteiger partial charge >= 0.3 is 0 Å². The second kappa shape index (κ2) is 5.19. The summed E-state index contributed by atoms with van der Waals surface area (Å²) in [5, 5.41) is 9.29. The van der Waals surface area contributed by atoms with Crippen LogP contribution in [0.5, 0.6) is 0 Å². The van der Waals surface area contributed by atoms with E-state index in [1.165, 1.54) is 19.2 Å². The number of hydrogen-bond acceptors (Lipinski definition) is 3. The fraction of sp³-hybridized carbons (Fsp3) is 0.538. The smallest absolute Gasteiger partial charge is 0.243 e. The summed E-state index contributed by atoms with van der Waals surface area (Å²) in [4.78, 5) is 0.0953. The normalized spacial score (nSPS) is 13.1. The molecule has 6 heteroatoms. The van der Waals surface area contributed by atoms with Crippen molar-refractivity contribution in [1.29, 1.82) is 0 Å². The minimum absolute atomic E-state index is 0.0953. The lowest BCUT2D eigenvalue weighted by Gasteiger charge is -2.33. The largest absolute Gasteiger partial charge is 0.394 e. The highest BCUT2D eigenvalue weighted by Gasteiger charge is 2.35. The Morgan fingerprint density at radius 3 is 2.05 bits per heavy atom. The molecule has 0 aliphatic heterocycles. The molecule has 0 spiro atoms. The van der Waals surface area contributed by atoms with Crippen LogP contribution in [0.2, 0.25) is 0 Å². The number of sulfonamides is 1. The average molecular weight is 289 g/mol. The first-order valence-corrected chi connectivity index (χ1v) is 7.34. The first-order chi connectivity index (χ1) is 8.54. The molecule has 0 saturated carbocycles. The third-order valence-electron chi connectivity index (χ3n) is 3.28. The lowest BCUT2D eigenvalue weighted by molar-refractivity contribution is 0.138. The summed E-state index contributed by atoms with van der Waals surface area (Å²) in [6, 6.07) is 2.39. The van der Waals surface area contributed by atoms with Crippen molar-refractivity contribution in [2.24, 2.45) is 0 Å². The summed E-state index contributed by atoms with van der Waals surface area (Å²) < 4.78 is 39.5. The lowest BCUT2D eigenvalue weighted by Crippen LogP contribution is -2.47. The molecule has 1 rings (SSSR count). The van der Waals surface area contributed by atoms with Gasteiger partial charge < -0.3 is 5.11 Å². The zero-order valence-electron chi connectivity index (χ0n) is 11.9. The van der Waals surface area contributed by atoms with Crippen molar-refractivity contribution < 1.29 is 17.9 Å². The van der Waals surface area contributed by atoms with Crippen molar-refractivity contribution in [2.75, 3.05) is 13.7 Å². The maximum absolute atomic E-state index is 13.2. The molecular formula is C13H20FNO3S. The molecule has 0 heterocycles. The summed E-state index contributed by atoms with van der Waals surface area (Å²) in [5.41, 5.74) is -0.206. The van der Waals surface area contributed by atoms with Crippen molar-refractivity contribution in [3.05, 3.63) is 29.1 Å². The standard InChI is InChI=1S/C13H20FNO3S/c1-9-6-11(14)7-10(2)12(9)19(17,18)15(5)13(3,4)8-16/h6-7,16H,8H2,1-5H3. The minimum atomic E-state index is -3.78. The van der Waals surface area contributed by atoms with Crippen molar-refractivity contribution in [2.45, 2.75) is 38.1 Å². The van der Waals surface area contributed by atoms with Crippen molar-refractivity contribution in [3.63, 3.8) is 0 Å². The Bertz CT molecular complexity index is 559. The number of aliphatic hydroxyl groups excluding tert-OH is 1. The second-order valence-corrected chi connectivity index (χ2v) is 7.22. The maximum Gasteiger partial charge on any atom is 0.243 e. The lowest BCUT2D eigenvalue weighted by atomic mass is 10.1. The molecule has 19 heavy (non-hydrogen) atoms. The van der Waals surface area contributed by atoms with Crippen LogP contribution >= 0.6 is 0 Å². The minimum Gasteiger partial charge on any atom is -0.394 e. The van der Waals surface area contributed by atoms with Gasteiger partial charge in [-0.15, -0.1) is 0 Å². The van der Waals surface area contributed by atoms with Gasteiger partial charge in [-0.05, 0) is 51.0 Å². The summed E-state index contributed by atoms with van der Waals surface area (Å²) >= 11 is 0. The molecule has 4 nitrogen and oxygen atoms in total. The predicted octanol–water partition coefficient (Wildman–Crippen LogP) is 1.83. The van der Waals surface area contributed by atoms with E-state index >= 15 is 0 Å². The Kier molecular flexibility index (Phi) is 4.39. The molecule has 0 amide bonds. The monoisotopic (exact) mass is 289 g/mol. The number of likely N-dealkylation sites (N-methyl/N-ethyl adjacent to an activating group) is 1. The van der Waals surface area contributed by atoms with E-state index in [-0.39, 0.29) is 11.5 Å². The highest BCUT2D eigenvalue weighted by molar-refractivity contribution is 7.89. The Hall–Kier alpha value is -0.980. The van der Waals surface area contributed by atoms with Crippen LogP contribution in [0.15, 0.2) is 17.0 Å². The van der Waals surface area contributed by atoms with Crippen LogP contribution in [0.3, 0.4) is 0 Å². The Morgan fingerprint density at radius 1 is 1.26 bits per heavy atom. The number of halogens is 1. The topological polar surface area (TPSA) is 57.6 Å². The molecule has 0 aliphatic carbocycles. The van der Waals surface area contributed by atoms with E-state index in [9.17, 15) is 17.9 Å². The Balaban J connectivity index is 3.45. The number of nitrogens with zero attached hydrogens (tertiary/aromatic N) is 1. The van der Waals surface area contributed by atoms with Gasteiger partial charge in [-0.1, -0.05) is 0 Å². The zero-order valence-corrected chi connectivity index (χ0v) is 12.7. The van der Waals surface area contributed by atoms with E-state index in [4.69, 9.17) is 0 Å². The van der Waals surface area contributed by atoms with E-state index in [2.05, 4.69) is 0 Å². The van der Waals surface area contributed by atoms with Crippen LogP contribution < -0.4 is 0 Å². The molecule has 1 aromatic rings. The summed E-state index contributed by atoms with van der Waals surface area (Å²) in [5.74, 6) is -0.460. The number of benzene rings is 1. The average Bonchev–Trinajstić information content (AvgIpc) is 2.26. The van der Waals surface area contributed by atoms with Gasteiger partial charge in [0, 0.05) is 7.05 Å². The van der Waals surface area contributed by atoms with Gasteiger partial charge in [-0.2, -0.15) is 4.31 Å². The highest BCUT2D eigenvalue weighted by atomic mass is 32.2. The molecule has 0 fully saturated rings.